The maximum atomic E-state index is 11.7. The second-order valence-electron chi connectivity index (χ2n) is 2.16. The lowest BCUT2D eigenvalue weighted by Gasteiger charge is -2.27. The van der Waals surface area contributed by atoms with E-state index in [1.54, 1.807) is 0 Å². The maximum absolute atomic E-state index is 11.7. The van der Waals surface area contributed by atoms with Gasteiger partial charge in [0.1, 0.15) is 0 Å². The predicted octanol–water partition coefficient (Wildman–Crippen LogP) is -0.631. The Hall–Kier alpha value is -0.130. The molecule has 0 aliphatic carbocycles. The molecule has 0 bridgehead atoms. The summed E-state index contributed by atoms with van der Waals surface area (Å²) in [4.78, 5) is 0. The first-order valence-corrected chi connectivity index (χ1v) is 4.41. The van der Waals surface area contributed by atoms with Gasteiger partial charge in [-0.25, -0.2) is 12.7 Å². The summed E-state index contributed by atoms with van der Waals surface area (Å²) in [5, 5.41) is 0. The Morgan fingerprint density at radius 2 is 2.18 bits per heavy atom. The Labute approximate surface area is 77.3 Å². The van der Waals surface area contributed by atoms with Gasteiger partial charge in [0.05, 0.1) is 6.18 Å². The highest BCUT2D eigenvalue weighted by Gasteiger charge is 2.22. The first-order chi connectivity index (χ1) is 7.72. The summed E-state index contributed by atoms with van der Waals surface area (Å²) < 4.78 is 74.4. The molecular weight excluding hydrogens is 164 g/mol. The molecule has 0 aromatic heterocycles. The van der Waals surface area contributed by atoms with E-state index in [1.807, 2.05) is 0 Å². The smallest absolute Gasteiger partial charge is 0.211 e. The highest BCUT2D eigenvalue weighted by molar-refractivity contribution is 7.88. The minimum absolute atomic E-state index is 0.309. The van der Waals surface area contributed by atoms with Gasteiger partial charge in [-0.1, -0.05) is 0 Å². The first kappa shape index (κ1) is 3.32. The average molecular weight is 185 g/mol. The summed E-state index contributed by atoms with van der Waals surface area (Å²) in [5.41, 5.74) is 5.39. The van der Waals surface area contributed by atoms with Crippen LogP contribution in [-0.2, 0) is 10.0 Å². The van der Waals surface area contributed by atoms with Gasteiger partial charge in [-0.15, -0.1) is 0 Å². The highest BCUT2D eigenvalue weighted by Crippen LogP contribution is 2.10. The van der Waals surface area contributed by atoms with Crippen LogP contribution in [0.3, 0.4) is 0 Å². The van der Waals surface area contributed by atoms with Gasteiger partial charge in [0.2, 0.25) is 10.0 Å². The van der Waals surface area contributed by atoms with Crippen LogP contribution in [-0.4, -0.2) is 38.0 Å². The molecule has 11 heavy (non-hydrogen) atoms. The number of hydrogen-bond acceptors (Lipinski definition) is 3. The van der Waals surface area contributed by atoms with Gasteiger partial charge in [0, 0.05) is 28.7 Å². The highest BCUT2D eigenvalue weighted by atomic mass is 32.2. The molecule has 0 atom stereocenters. The molecule has 1 fully saturated rings. The number of sulfonamides is 1. The molecular formula is C6H14N2O2S. The third kappa shape index (κ3) is 2.43. The number of rotatable bonds is 1. The number of piperidine rings is 1. The number of nitrogens with two attached hydrogens (primary N) is 1. The summed E-state index contributed by atoms with van der Waals surface area (Å²) in [6.07, 6.45) is -8.01. The van der Waals surface area contributed by atoms with Gasteiger partial charge >= 0.3 is 0 Å². The van der Waals surface area contributed by atoms with Crippen molar-refractivity contribution in [3.8, 4) is 0 Å². The molecule has 0 amide bonds. The zero-order valence-electron chi connectivity index (χ0n) is 12.7. The molecule has 0 spiro atoms. The molecule has 66 valence electrons. The molecule has 0 radical (unpaired) electrons. The van der Waals surface area contributed by atoms with Crippen molar-refractivity contribution in [2.24, 2.45) is 5.73 Å². The third-order valence-corrected chi connectivity index (χ3v) is 2.25. The van der Waals surface area contributed by atoms with E-state index in [-0.39, 0.29) is 0 Å². The second-order valence-corrected chi connectivity index (χ2v) is 3.63. The van der Waals surface area contributed by atoms with Crippen molar-refractivity contribution >= 4 is 10.0 Å². The molecule has 1 aliphatic heterocycles. The Bertz CT molecular complexity index is 414. The van der Waals surface area contributed by atoms with Crippen molar-refractivity contribution in [3.63, 3.8) is 0 Å². The first-order valence-electron chi connectivity index (χ1n) is 6.47. The van der Waals surface area contributed by atoms with Crippen LogP contribution in [0.5, 0.6) is 0 Å². The fourth-order valence-electron chi connectivity index (χ4n) is 0.698. The van der Waals surface area contributed by atoms with Crippen molar-refractivity contribution in [3.05, 3.63) is 0 Å². The maximum Gasteiger partial charge on any atom is 0.211 e. The van der Waals surface area contributed by atoms with E-state index in [1.165, 1.54) is 0 Å². The minimum Gasteiger partial charge on any atom is -0.328 e. The van der Waals surface area contributed by atoms with Crippen LogP contribution in [0, 0.1) is 0 Å². The average Bonchev–Trinajstić information content (AvgIpc) is 2.11. The summed E-state index contributed by atoms with van der Waals surface area (Å²) in [6, 6.07) is -1.52. The van der Waals surface area contributed by atoms with Gasteiger partial charge in [-0.05, 0) is 12.7 Å². The Balaban J connectivity index is 3.17. The normalized spacial score (nSPS) is 43.5. The minimum atomic E-state index is -4.77. The van der Waals surface area contributed by atoms with Gasteiger partial charge in [0.15, 0.2) is 0 Å². The van der Waals surface area contributed by atoms with Crippen LogP contribution < -0.4 is 5.73 Å². The standard InChI is InChI=1S/C6H14N2O2S/c1-11(9,10)8-4-2-6(7)3-5-8/h6H,2-5,7H2,1H3/i1D3,2D2,3D2. The van der Waals surface area contributed by atoms with Crippen molar-refractivity contribution in [1.82, 2.24) is 4.31 Å². The van der Waals surface area contributed by atoms with Gasteiger partial charge in [0.25, 0.3) is 0 Å². The fraction of sp³-hybridized carbons (Fsp3) is 1.00. The van der Waals surface area contributed by atoms with E-state index in [4.69, 9.17) is 15.3 Å². The van der Waals surface area contributed by atoms with E-state index in [0.29, 0.717) is 4.31 Å². The third-order valence-electron chi connectivity index (χ3n) is 1.32. The van der Waals surface area contributed by atoms with Crippen LogP contribution in [0.15, 0.2) is 0 Å². The molecule has 0 aromatic carbocycles. The number of nitrogens with zero attached hydrogens (tertiary/aromatic N) is 1. The molecule has 1 aliphatic rings. The Morgan fingerprint density at radius 3 is 2.64 bits per heavy atom. The molecule has 4 nitrogen and oxygen atoms in total. The lowest BCUT2D eigenvalue weighted by atomic mass is 10.1. The summed E-state index contributed by atoms with van der Waals surface area (Å²) in [6.45, 7) is -1.54. The molecule has 0 unspecified atom stereocenters. The number of hydrogen-bond donors (Lipinski definition) is 1. The molecule has 1 saturated heterocycles. The molecule has 2 N–H and O–H groups in total. The molecule has 1 rings (SSSR count). The summed E-state index contributed by atoms with van der Waals surface area (Å²) >= 11 is 0. The van der Waals surface area contributed by atoms with Gasteiger partial charge in [-0.3, -0.25) is 0 Å². The zero-order chi connectivity index (χ0) is 14.6. The topological polar surface area (TPSA) is 63.4 Å². The van der Waals surface area contributed by atoms with Crippen molar-refractivity contribution in [2.45, 2.75) is 18.8 Å². The molecule has 0 saturated carbocycles. The van der Waals surface area contributed by atoms with Crippen LogP contribution in [0.2, 0.25) is 0 Å². The van der Waals surface area contributed by atoms with E-state index in [9.17, 15) is 8.42 Å². The van der Waals surface area contributed by atoms with Gasteiger partial charge in [-0.2, -0.15) is 0 Å². The lowest BCUT2D eigenvalue weighted by Crippen LogP contribution is -2.42. The van der Waals surface area contributed by atoms with Crippen LogP contribution in [0.1, 0.15) is 22.3 Å². The quantitative estimate of drug-likeness (QED) is 0.591. The SMILES string of the molecule is [2H]C1([2H])CN(S(=O)(=O)C([2H])([2H])[2H])CC([2H])([2H])C1N. The fourth-order valence-corrected chi connectivity index (χ4v) is 1.19. The monoisotopic (exact) mass is 185 g/mol. The van der Waals surface area contributed by atoms with Crippen molar-refractivity contribution in [1.29, 1.82) is 0 Å². The Kier molecular flexibility index (Phi) is 0.929. The summed E-state index contributed by atoms with van der Waals surface area (Å²) in [5.74, 6) is 0. The van der Waals surface area contributed by atoms with E-state index in [2.05, 4.69) is 0 Å². The van der Waals surface area contributed by atoms with Crippen LogP contribution in [0.4, 0.5) is 0 Å². The lowest BCUT2D eigenvalue weighted by molar-refractivity contribution is 0.322. The molecule has 0 aromatic rings. The summed E-state index contributed by atoms with van der Waals surface area (Å²) in [7, 11) is -4.77. The zero-order valence-corrected chi connectivity index (χ0v) is 6.56. The largest absolute Gasteiger partial charge is 0.328 e. The second kappa shape index (κ2) is 3.08. The van der Waals surface area contributed by atoms with E-state index < -0.39 is 48.1 Å². The van der Waals surface area contributed by atoms with Crippen LogP contribution >= 0.6 is 0 Å². The van der Waals surface area contributed by atoms with E-state index in [0.717, 1.165) is 0 Å². The van der Waals surface area contributed by atoms with Crippen molar-refractivity contribution < 1.29 is 18.0 Å². The Morgan fingerprint density at radius 1 is 1.64 bits per heavy atom. The van der Waals surface area contributed by atoms with E-state index >= 15 is 0 Å². The molecule has 5 heteroatoms. The van der Waals surface area contributed by atoms with Gasteiger partial charge < -0.3 is 5.73 Å². The molecule has 1 heterocycles. The predicted molar refractivity (Wildman–Crippen MR) is 43.6 cm³/mol. The van der Waals surface area contributed by atoms with Crippen molar-refractivity contribution in [2.75, 3.05) is 19.3 Å². The van der Waals surface area contributed by atoms with Crippen LogP contribution in [0.25, 0.3) is 0 Å².